The summed E-state index contributed by atoms with van der Waals surface area (Å²) in [4.78, 5) is 43.9. The first-order chi connectivity index (χ1) is 14.7. The number of amides is 3. The lowest BCUT2D eigenvalue weighted by Gasteiger charge is -2.40. The van der Waals surface area contributed by atoms with Crippen LogP contribution in [0, 0.1) is 0 Å². The fourth-order valence-corrected chi connectivity index (χ4v) is 3.48. The number of guanidine groups is 1. The second-order valence-electron chi connectivity index (χ2n) is 8.74. The van der Waals surface area contributed by atoms with Crippen LogP contribution < -0.4 is 10.6 Å². The van der Waals surface area contributed by atoms with Crippen LogP contribution in [0.5, 0.6) is 0 Å². The van der Waals surface area contributed by atoms with E-state index >= 15 is 0 Å². The number of carbonyl (C=O) groups excluding carboxylic acids is 3. The summed E-state index contributed by atoms with van der Waals surface area (Å²) in [6.45, 7) is 7.73. The molecule has 0 spiro atoms. The zero-order valence-electron chi connectivity index (χ0n) is 18.6. The minimum Gasteiger partial charge on any atom is -0.444 e. The SMILES string of the molecule is CN=C(NCCCCN1C(=O)c2ccccc2C1=O)NC1CN(C(=O)OC(C)(C)C)C1. The minimum absolute atomic E-state index is 0.122. The van der Waals surface area contributed by atoms with E-state index < -0.39 is 5.60 Å². The standard InChI is InChI=1S/C22H31N5O4/c1-22(2,3)31-21(30)26-13-15(14-26)25-20(23-4)24-11-7-8-12-27-18(28)16-9-5-6-10-17(16)19(27)29/h5-6,9-10,15H,7-8,11-14H2,1-4H3,(H2,23,24,25). The Bertz CT molecular complexity index is 836. The van der Waals surface area contributed by atoms with Crippen molar-refractivity contribution in [2.24, 2.45) is 4.99 Å². The number of fused-ring (bicyclic) bond motifs is 1. The predicted octanol–water partition coefficient (Wildman–Crippen LogP) is 1.85. The maximum atomic E-state index is 12.4. The second-order valence-corrected chi connectivity index (χ2v) is 8.74. The van der Waals surface area contributed by atoms with Gasteiger partial charge in [0.1, 0.15) is 5.60 Å². The Morgan fingerprint density at radius 1 is 1.13 bits per heavy atom. The number of unbranched alkanes of at least 4 members (excludes halogenated alkanes) is 1. The van der Waals surface area contributed by atoms with Gasteiger partial charge in [-0.15, -0.1) is 0 Å². The fourth-order valence-electron chi connectivity index (χ4n) is 3.48. The molecule has 0 aliphatic carbocycles. The maximum Gasteiger partial charge on any atom is 0.410 e. The fraction of sp³-hybridized carbons (Fsp3) is 0.545. The lowest BCUT2D eigenvalue weighted by atomic mass is 10.1. The third-order valence-corrected chi connectivity index (χ3v) is 5.08. The first-order valence-corrected chi connectivity index (χ1v) is 10.6. The van der Waals surface area contributed by atoms with E-state index in [0.717, 1.165) is 6.42 Å². The number of benzene rings is 1. The number of imide groups is 1. The quantitative estimate of drug-likeness (QED) is 0.310. The summed E-state index contributed by atoms with van der Waals surface area (Å²) in [6, 6.07) is 7.04. The first kappa shape index (κ1) is 22.6. The summed E-state index contributed by atoms with van der Waals surface area (Å²) in [5.74, 6) is 0.227. The number of rotatable bonds is 6. The number of ether oxygens (including phenoxy) is 1. The molecule has 1 aromatic rings. The molecule has 9 nitrogen and oxygen atoms in total. The highest BCUT2D eigenvalue weighted by Crippen LogP contribution is 2.22. The number of nitrogens with zero attached hydrogens (tertiary/aromatic N) is 3. The van der Waals surface area contributed by atoms with Gasteiger partial charge in [0, 0.05) is 33.2 Å². The molecule has 0 radical (unpaired) electrons. The molecule has 1 fully saturated rings. The predicted molar refractivity (Wildman–Crippen MR) is 117 cm³/mol. The van der Waals surface area contributed by atoms with E-state index in [0.29, 0.717) is 49.7 Å². The van der Waals surface area contributed by atoms with E-state index in [4.69, 9.17) is 4.74 Å². The van der Waals surface area contributed by atoms with E-state index in [1.807, 2.05) is 20.8 Å². The molecule has 168 valence electrons. The van der Waals surface area contributed by atoms with Crippen LogP contribution in [0.1, 0.15) is 54.3 Å². The second kappa shape index (κ2) is 9.36. The van der Waals surface area contributed by atoms with E-state index in [1.54, 1.807) is 36.2 Å². The largest absolute Gasteiger partial charge is 0.444 e. The molecule has 9 heteroatoms. The molecule has 2 aliphatic heterocycles. The van der Waals surface area contributed by atoms with Crippen LogP contribution >= 0.6 is 0 Å². The van der Waals surface area contributed by atoms with Gasteiger partial charge in [0.15, 0.2) is 5.96 Å². The van der Waals surface area contributed by atoms with E-state index in [2.05, 4.69) is 15.6 Å². The van der Waals surface area contributed by atoms with Crippen molar-refractivity contribution in [2.45, 2.75) is 45.3 Å². The molecule has 0 saturated carbocycles. The maximum absolute atomic E-state index is 12.4. The number of hydrogen-bond acceptors (Lipinski definition) is 5. The van der Waals surface area contributed by atoms with Crippen LogP contribution in [0.15, 0.2) is 29.3 Å². The van der Waals surface area contributed by atoms with Crippen LogP contribution in [0.25, 0.3) is 0 Å². The van der Waals surface area contributed by atoms with Gasteiger partial charge >= 0.3 is 6.09 Å². The van der Waals surface area contributed by atoms with Crippen molar-refractivity contribution in [1.29, 1.82) is 0 Å². The third-order valence-electron chi connectivity index (χ3n) is 5.08. The van der Waals surface area contributed by atoms with Gasteiger partial charge in [-0.2, -0.15) is 0 Å². The number of hydrogen-bond donors (Lipinski definition) is 2. The average Bonchev–Trinajstić information content (AvgIpc) is 2.92. The molecule has 0 bridgehead atoms. The molecule has 1 aromatic carbocycles. The molecule has 2 N–H and O–H groups in total. The average molecular weight is 430 g/mol. The van der Waals surface area contributed by atoms with Crippen LogP contribution in [-0.2, 0) is 4.74 Å². The van der Waals surface area contributed by atoms with Crippen molar-refractivity contribution in [1.82, 2.24) is 20.4 Å². The van der Waals surface area contributed by atoms with Crippen molar-refractivity contribution in [3.8, 4) is 0 Å². The Balaban J connectivity index is 1.33. The zero-order valence-corrected chi connectivity index (χ0v) is 18.6. The normalized spacial score (nSPS) is 16.8. The Morgan fingerprint density at radius 2 is 1.74 bits per heavy atom. The molecule has 0 unspecified atom stereocenters. The monoisotopic (exact) mass is 429 g/mol. The molecular weight excluding hydrogens is 398 g/mol. The van der Waals surface area contributed by atoms with Gasteiger partial charge in [0.05, 0.1) is 17.2 Å². The number of nitrogens with one attached hydrogen (secondary N) is 2. The van der Waals surface area contributed by atoms with Gasteiger partial charge in [-0.1, -0.05) is 12.1 Å². The Hall–Kier alpha value is -3.10. The lowest BCUT2D eigenvalue weighted by Crippen LogP contribution is -2.63. The molecular formula is C22H31N5O4. The van der Waals surface area contributed by atoms with Crippen molar-refractivity contribution in [3.05, 3.63) is 35.4 Å². The molecule has 3 rings (SSSR count). The smallest absolute Gasteiger partial charge is 0.410 e. The Morgan fingerprint density at radius 3 is 2.29 bits per heavy atom. The summed E-state index contributed by atoms with van der Waals surface area (Å²) < 4.78 is 5.35. The lowest BCUT2D eigenvalue weighted by molar-refractivity contribution is 0.00699. The molecule has 3 amide bonds. The molecule has 0 aromatic heterocycles. The van der Waals surface area contributed by atoms with Gasteiger partial charge in [-0.05, 0) is 45.7 Å². The summed E-state index contributed by atoms with van der Waals surface area (Å²) >= 11 is 0. The topological polar surface area (TPSA) is 103 Å². The highest BCUT2D eigenvalue weighted by atomic mass is 16.6. The number of carbonyl (C=O) groups is 3. The number of likely N-dealkylation sites (tertiary alicyclic amines) is 1. The molecule has 1 saturated heterocycles. The van der Waals surface area contributed by atoms with Crippen molar-refractivity contribution in [3.63, 3.8) is 0 Å². The summed E-state index contributed by atoms with van der Waals surface area (Å²) in [7, 11) is 1.69. The Kier molecular flexibility index (Phi) is 6.82. The molecule has 0 atom stereocenters. The van der Waals surface area contributed by atoms with Gasteiger partial charge in [-0.25, -0.2) is 4.79 Å². The van der Waals surface area contributed by atoms with E-state index in [-0.39, 0.29) is 23.9 Å². The van der Waals surface area contributed by atoms with Gasteiger partial charge < -0.3 is 20.3 Å². The van der Waals surface area contributed by atoms with Crippen LogP contribution in [0.3, 0.4) is 0 Å². The van der Waals surface area contributed by atoms with Crippen molar-refractivity contribution in [2.75, 3.05) is 33.2 Å². The highest BCUT2D eigenvalue weighted by Gasteiger charge is 2.35. The molecule has 2 aliphatic rings. The Labute approximate surface area is 182 Å². The zero-order chi connectivity index (χ0) is 22.6. The summed E-state index contributed by atoms with van der Waals surface area (Å²) in [5, 5.41) is 6.51. The summed E-state index contributed by atoms with van der Waals surface area (Å²) in [5.41, 5.74) is 0.465. The first-order valence-electron chi connectivity index (χ1n) is 10.6. The number of aliphatic imine (C=N–C) groups is 1. The highest BCUT2D eigenvalue weighted by molar-refractivity contribution is 6.21. The van der Waals surface area contributed by atoms with Crippen LogP contribution in [0.4, 0.5) is 4.79 Å². The van der Waals surface area contributed by atoms with Gasteiger partial charge in [0.2, 0.25) is 0 Å². The molecule has 31 heavy (non-hydrogen) atoms. The van der Waals surface area contributed by atoms with Crippen molar-refractivity contribution < 1.29 is 19.1 Å². The van der Waals surface area contributed by atoms with Crippen LogP contribution in [0.2, 0.25) is 0 Å². The van der Waals surface area contributed by atoms with E-state index in [1.165, 1.54) is 4.90 Å². The van der Waals surface area contributed by atoms with Gasteiger partial charge in [-0.3, -0.25) is 19.5 Å². The van der Waals surface area contributed by atoms with Gasteiger partial charge in [0.25, 0.3) is 11.8 Å². The molecule has 2 heterocycles. The summed E-state index contributed by atoms with van der Waals surface area (Å²) in [6.07, 6.45) is 1.18. The van der Waals surface area contributed by atoms with E-state index in [9.17, 15) is 14.4 Å². The van der Waals surface area contributed by atoms with Crippen LogP contribution in [-0.4, -0.2) is 78.5 Å². The minimum atomic E-state index is -0.500. The third kappa shape index (κ3) is 5.53. The van der Waals surface area contributed by atoms with Crippen molar-refractivity contribution >= 4 is 23.9 Å².